The molecule has 0 bridgehead atoms. The highest BCUT2D eigenvalue weighted by molar-refractivity contribution is 5.53. The lowest BCUT2D eigenvalue weighted by Crippen LogP contribution is -2.21. The highest BCUT2D eigenvalue weighted by Crippen LogP contribution is 2.27. The van der Waals surface area contributed by atoms with Crippen molar-refractivity contribution in [3.63, 3.8) is 0 Å². The predicted octanol–water partition coefficient (Wildman–Crippen LogP) is 2.37. The zero-order valence-electron chi connectivity index (χ0n) is 11.3. The van der Waals surface area contributed by atoms with Gasteiger partial charge in [0.25, 0.3) is 0 Å². The monoisotopic (exact) mass is 236 g/mol. The third-order valence-electron chi connectivity index (χ3n) is 3.64. The van der Waals surface area contributed by atoms with E-state index >= 15 is 0 Å². The first kappa shape index (κ1) is 12.4. The third kappa shape index (κ3) is 2.46. The van der Waals surface area contributed by atoms with Crippen LogP contribution in [0.4, 0.5) is 5.69 Å². The maximum atomic E-state index is 5.95. The van der Waals surface area contributed by atoms with Crippen molar-refractivity contribution < 1.29 is 0 Å². The average Bonchev–Trinajstić information content (AvgIpc) is 2.77. The minimum Gasteiger partial charge on any atom is -0.379 e. The molecule has 1 aliphatic rings. The van der Waals surface area contributed by atoms with Gasteiger partial charge in [0.2, 0.25) is 0 Å². The number of rotatable bonds is 3. The normalized spacial score (nSPS) is 24.6. The highest BCUT2D eigenvalue weighted by Gasteiger charge is 2.23. The van der Waals surface area contributed by atoms with Crippen molar-refractivity contribution >= 4 is 5.69 Å². The van der Waals surface area contributed by atoms with E-state index in [0.717, 1.165) is 18.5 Å². The van der Waals surface area contributed by atoms with Crippen LogP contribution in [-0.2, 0) is 0 Å². The fraction of sp³-hybridized carbons (Fsp3) is 0.769. The Bertz CT molecular complexity index is 394. The second-order valence-corrected chi connectivity index (χ2v) is 5.50. The summed E-state index contributed by atoms with van der Waals surface area (Å²) in [7, 11) is 0. The molecule has 1 fully saturated rings. The van der Waals surface area contributed by atoms with E-state index in [1.54, 1.807) is 0 Å². The zero-order valence-corrected chi connectivity index (χ0v) is 11.3. The first-order valence-electron chi connectivity index (χ1n) is 6.57. The van der Waals surface area contributed by atoms with Crippen LogP contribution in [0.2, 0.25) is 0 Å². The quantitative estimate of drug-likeness (QED) is 0.847. The zero-order chi connectivity index (χ0) is 12.6. The number of hydrogen-bond acceptors (Lipinski definition) is 3. The maximum absolute atomic E-state index is 5.95. The summed E-state index contributed by atoms with van der Waals surface area (Å²) in [6.45, 7) is 8.53. The molecule has 96 valence electrons. The summed E-state index contributed by atoms with van der Waals surface area (Å²) in [5.41, 5.74) is 9.48. The van der Waals surface area contributed by atoms with Gasteiger partial charge in [-0.05, 0) is 47.0 Å². The number of nitrogens with two attached hydrogens (primary N) is 1. The van der Waals surface area contributed by atoms with Crippen molar-refractivity contribution in [3.05, 3.63) is 11.4 Å². The maximum Gasteiger partial charge on any atom is 0.0828 e. The van der Waals surface area contributed by atoms with E-state index in [1.807, 2.05) is 0 Å². The number of anilines is 1. The fourth-order valence-electron chi connectivity index (χ4n) is 2.73. The minimum atomic E-state index is 0.369. The molecule has 17 heavy (non-hydrogen) atoms. The summed E-state index contributed by atoms with van der Waals surface area (Å²) in [5, 5.41) is 8.21. The molecule has 1 aromatic heterocycles. The van der Waals surface area contributed by atoms with E-state index in [0.29, 0.717) is 18.1 Å². The van der Waals surface area contributed by atoms with Crippen LogP contribution in [0.5, 0.6) is 0 Å². The Morgan fingerprint density at radius 2 is 2.06 bits per heavy atom. The molecule has 2 atom stereocenters. The van der Waals surface area contributed by atoms with E-state index in [-0.39, 0.29) is 0 Å². The number of nitrogens with zero attached hydrogens (tertiary/aromatic N) is 2. The molecule has 0 aliphatic heterocycles. The smallest absolute Gasteiger partial charge is 0.0828 e. The molecule has 0 spiro atoms. The van der Waals surface area contributed by atoms with Crippen LogP contribution in [-0.4, -0.2) is 21.9 Å². The second kappa shape index (κ2) is 4.69. The molecule has 4 nitrogen and oxygen atoms in total. The summed E-state index contributed by atoms with van der Waals surface area (Å²) in [5.74, 6) is 0. The van der Waals surface area contributed by atoms with Gasteiger partial charge in [-0.15, -0.1) is 0 Å². The number of hydrogen-bond donors (Lipinski definition) is 2. The largest absolute Gasteiger partial charge is 0.379 e. The van der Waals surface area contributed by atoms with Crippen molar-refractivity contribution in [1.82, 2.24) is 9.78 Å². The number of aromatic nitrogens is 2. The molecule has 2 unspecified atom stereocenters. The van der Waals surface area contributed by atoms with Crippen molar-refractivity contribution in [3.8, 4) is 0 Å². The fourth-order valence-corrected chi connectivity index (χ4v) is 2.73. The van der Waals surface area contributed by atoms with Crippen LogP contribution < -0.4 is 11.1 Å². The molecular weight excluding hydrogens is 212 g/mol. The van der Waals surface area contributed by atoms with Gasteiger partial charge in [0.15, 0.2) is 0 Å². The Kier molecular flexibility index (Phi) is 3.43. The van der Waals surface area contributed by atoms with Gasteiger partial charge in [-0.1, -0.05) is 0 Å². The van der Waals surface area contributed by atoms with Gasteiger partial charge in [-0.3, -0.25) is 4.68 Å². The van der Waals surface area contributed by atoms with Crippen molar-refractivity contribution in [1.29, 1.82) is 0 Å². The van der Waals surface area contributed by atoms with E-state index in [2.05, 4.69) is 42.8 Å². The summed E-state index contributed by atoms with van der Waals surface area (Å²) in [6, 6.07) is 1.30. The van der Waals surface area contributed by atoms with Crippen LogP contribution in [0.1, 0.15) is 50.5 Å². The van der Waals surface area contributed by atoms with Crippen molar-refractivity contribution in [2.75, 3.05) is 5.32 Å². The number of aryl methyl sites for hydroxylation is 1. The third-order valence-corrected chi connectivity index (χ3v) is 3.64. The first-order valence-corrected chi connectivity index (χ1v) is 6.57. The molecule has 0 aromatic carbocycles. The van der Waals surface area contributed by atoms with Gasteiger partial charge in [0.1, 0.15) is 0 Å². The Hall–Kier alpha value is -1.03. The van der Waals surface area contributed by atoms with Crippen LogP contribution in [0.3, 0.4) is 0 Å². The summed E-state index contributed by atoms with van der Waals surface area (Å²) in [4.78, 5) is 0. The molecular formula is C13H24N4. The van der Waals surface area contributed by atoms with Gasteiger partial charge in [-0.25, -0.2) is 0 Å². The molecule has 1 aromatic rings. The molecule has 1 aliphatic carbocycles. The summed E-state index contributed by atoms with van der Waals surface area (Å²) < 4.78 is 2.09. The SMILES string of the molecule is Cc1nn(C(C)C)c(C)c1NC1CCC(N)C1. The Morgan fingerprint density at radius 3 is 2.53 bits per heavy atom. The molecule has 0 saturated heterocycles. The van der Waals surface area contributed by atoms with Crippen LogP contribution in [0.15, 0.2) is 0 Å². The minimum absolute atomic E-state index is 0.369. The highest BCUT2D eigenvalue weighted by atomic mass is 15.3. The van der Waals surface area contributed by atoms with Gasteiger partial charge in [0, 0.05) is 18.1 Å². The van der Waals surface area contributed by atoms with Crippen LogP contribution in [0, 0.1) is 13.8 Å². The summed E-state index contributed by atoms with van der Waals surface area (Å²) >= 11 is 0. The van der Waals surface area contributed by atoms with Crippen LogP contribution >= 0.6 is 0 Å². The van der Waals surface area contributed by atoms with E-state index in [9.17, 15) is 0 Å². The second-order valence-electron chi connectivity index (χ2n) is 5.50. The topological polar surface area (TPSA) is 55.9 Å². The van der Waals surface area contributed by atoms with Gasteiger partial charge in [0.05, 0.1) is 17.1 Å². The molecule has 3 N–H and O–H groups in total. The van der Waals surface area contributed by atoms with Crippen LogP contribution in [0.25, 0.3) is 0 Å². The lowest BCUT2D eigenvalue weighted by Gasteiger charge is -2.15. The van der Waals surface area contributed by atoms with Gasteiger partial charge >= 0.3 is 0 Å². The molecule has 4 heteroatoms. The van der Waals surface area contributed by atoms with E-state index in [4.69, 9.17) is 5.73 Å². The molecule has 1 heterocycles. The average molecular weight is 236 g/mol. The van der Waals surface area contributed by atoms with Gasteiger partial charge < -0.3 is 11.1 Å². The number of nitrogens with one attached hydrogen (secondary N) is 1. The first-order chi connectivity index (χ1) is 7.99. The lowest BCUT2D eigenvalue weighted by molar-refractivity contribution is 0.516. The molecule has 0 amide bonds. The van der Waals surface area contributed by atoms with Crippen molar-refractivity contribution in [2.45, 2.75) is 65.1 Å². The molecule has 0 radical (unpaired) electrons. The Balaban J connectivity index is 2.15. The molecule has 1 saturated carbocycles. The van der Waals surface area contributed by atoms with Crippen molar-refractivity contribution in [2.24, 2.45) is 5.73 Å². The summed E-state index contributed by atoms with van der Waals surface area (Å²) in [6.07, 6.45) is 3.38. The molecule has 2 rings (SSSR count). The Morgan fingerprint density at radius 1 is 1.35 bits per heavy atom. The van der Waals surface area contributed by atoms with E-state index < -0.39 is 0 Å². The Labute approximate surface area is 104 Å². The standard InChI is InChI=1S/C13H24N4/c1-8(2)17-10(4)13(9(3)16-17)15-12-6-5-11(14)7-12/h8,11-12,15H,5-7,14H2,1-4H3. The predicted molar refractivity (Wildman–Crippen MR) is 71.3 cm³/mol. The lowest BCUT2D eigenvalue weighted by atomic mass is 10.2. The van der Waals surface area contributed by atoms with Gasteiger partial charge in [-0.2, -0.15) is 5.10 Å². The van der Waals surface area contributed by atoms with E-state index in [1.165, 1.54) is 17.8 Å².